The van der Waals surface area contributed by atoms with Crippen LogP contribution in [0.3, 0.4) is 0 Å². The molecule has 29 heavy (non-hydrogen) atoms. The third kappa shape index (κ3) is 4.52. The van der Waals surface area contributed by atoms with Crippen LogP contribution >= 0.6 is 0 Å². The molecule has 4 unspecified atom stereocenters. The highest BCUT2D eigenvalue weighted by molar-refractivity contribution is 5.96. The van der Waals surface area contributed by atoms with Crippen molar-refractivity contribution in [3.63, 3.8) is 0 Å². The summed E-state index contributed by atoms with van der Waals surface area (Å²) in [4.78, 5) is 17.3. The van der Waals surface area contributed by atoms with Crippen molar-refractivity contribution in [1.82, 2.24) is 16.0 Å². The molecule has 1 amide bonds. The molecule has 4 aliphatic rings. The Morgan fingerprint density at radius 3 is 2.66 bits per heavy atom. The number of rotatable bonds is 4. The van der Waals surface area contributed by atoms with E-state index in [4.69, 9.17) is 0 Å². The first kappa shape index (κ1) is 20.8. The second kappa shape index (κ2) is 9.14. The predicted octanol–water partition coefficient (Wildman–Crippen LogP) is 1.35. The lowest BCUT2D eigenvalue weighted by molar-refractivity contribution is -0.129. The Bertz CT molecular complexity index is 667. The number of amides is 1. The summed E-state index contributed by atoms with van der Waals surface area (Å²) in [6.07, 6.45) is 9.08. The van der Waals surface area contributed by atoms with E-state index in [0.717, 1.165) is 45.1 Å². The molecular formula is C22H36N4O3. The number of hydrogen-bond donors (Lipinski definition) is 5. The molecule has 5 N–H and O–H groups in total. The van der Waals surface area contributed by atoms with E-state index < -0.39 is 18.4 Å². The Balaban J connectivity index is 1.46. The van der Waals surface area contributed by atoms with Gasteiger partial charge in [-0.15, -0.1) is 0 Å². The van der Waals surface area contributed by atoms with Crippen LogP contribution in [0.4, 0.5) is 0 Å². The Labute approximate surface area is 173 Å². The molecule has 5 atom stereocenters. The first-order valence-electron chi connectivity index (χ1n) is 11.5. The summed E-state index contributed by atoms with van der Waals surface area (Å²) < 4.78 is 0. The smallest absolute Gasteiger partial charge is 0.245 e. The van der Waals surface area contributed by atoms with Gasteiger partial charge in [0.2, 0.25) is 5.91 Å². The van der Waals surface area contributed by atoms with E-state index >= 15 is 0 Å². The number of hydrogen-bond acceptors (Lipinski definition) is 6. The molecule has 1 fully saturated rings. The third-order valence-corrected chi connectivity index (χ3v) is 7.26. The van der Waals surface area contributed by atoms with Gasteiger partial charge in [0.15, 0.2) is 6.23 Å². The minimum atomic E-state index is -1.29. The van der Waals surface area contributed by atoms with Crippen molar-refractivity contribution < 1.29 is 15.0 Å². The van der Waals surface area contributed by atoms with E-state index in [9.17, 15) is 15.0 Å². The number of carbonyl (C=O) groups excluding carboxylic acids is 1. The molecule has 0 saturated heterocycles. The number of nitrogens with zero attached hydrogens (tertiary/aromatic N) is 1. The van der Waals surface area contributed by atoms with Crippen LogP contribution < -0.4 is 16.0 Å². The van der Waals surface area contributed by atoms with Crippen LogP contribution in [0.2, 0.25) is 0 Å². The Kier molecular flexibility index (Phi) is 6.56. The second-order valence-electron chi connectivity index (χ2n) is 9.21. The summed E-state index contributed by atoms with van der Waals surface area (Å²) in [7, 11) is 0. The average Bonchev–Trinajstić information content (AvgIpc) is 2.75. The topological polar surface area (TPSA) is 106 Å². The summed E-state index contributed by atoms with van der Waals surface area (Å²) in [5, 5.41) is 30.6. The number of aliphatic hydroxyl groups excluding tert-OH is 2. The van der Waals surface area contributed by atoms with E-state index in [1.165, 1.54) is 36.8 Å². The molecular weight excluding hydrogens is 368 g/mol. The van der Waals surface area contributed by atoms with Crippen LogP contribution in [0.5, 0.6) is 0 Å². The van der Waals surface area contributed by atoms with E-state index in [2.05, 4.69) is 27.9 Å². The van der Waals surface area contributed by atoms with Gasteiger partial charge in [-0.3, -0.25) is 4.79 Å². The fourth-order valence-electron chi connectivity index (χ4n) is 5.50. The number of amidine groups is 1. The maximum atomic E-state index is 13.0. The quantitative estimate of drug-likeness (QED) is 0.455. The van der Waals surface area contributed by atoms with Gasteiger partial charge in [0, 0.05) is 6.04 Å². The van der Waals surface area contributed by atoms with Gasteiger partial charge < -0.3 is 26.2 Å². The molecule has 7 nitrogen and oxygen atoms in total. The van der Waals surface area contributed by atoms with Gasteiger partial charge in [-0.1, -0.05) is 24.8 Å². The highest BCUT2D eigenvalue weighted by Crippen LogP contribution is 2.32. The number of aliphatic hydroxyl groups is 2. The van der Waals surface area contributed by atoms with Crippen molar-refractivity contribution in [2.45, 2.75) is 102 Å². The third-order valence-electron chi connectivity index (χ3n) is 7.26. The Hall–Kier alpha value is -1.44. The molecule has 4 rings (SSSR count). The fraction of sp³-hybridized carbons (Fsp3) is 0.818. The molecule has 2 aliphatic carbocycles. The minimum Gasteiger partial charge on any atom is -0.386 e. The van der Waals surface area contributed by atoms with Gasteiger partial charge in [0.1, 0.15) is 18.0 Å². The van der Waals surface area contributed by atoms with Gasteiger partial charge in [-0.2, -0.15) is 0 Å². The number of carbonyl (C=O) groups is 1. The molecule has 1 saturated carbocycles. The van der Waals surface area contributed by atoms with Gasteiger partial charge in [-0.05, 0) is 69.9 Å². The summed E-state index contributed by atoms with van der Waals surface area (Å²) in [6.45, 7) is 2.93. The van der Waals surface area contributed by atoms with Gasteiger partial charge in [0.25, 0.3) is 0 Å². The highest BCUT2D eigenvalue weighted by atomic mass is 16.3. The van der Waals surface area contributed by atoms with E-state index in [-0.39, 0.29) is 18.0 Å². The fourth-order valence-corrected chi connectivity index (χ4v) is 5.50. The van der Waals surface area contributed by atoms with Gasteiger partial charge in [-0.25, -0.2) is 4.99 Å². The van der Waals surface area contributed by atoms with Crippen LogP contribution in [-0.4, -0.2) is 59.0 Å². The predicted molar refractivity (Wildman–Crippen MR) is 112 cm³/mol. The maximum Gasteiger partial charge on any atom is 0.245 e. The summed E-state index contributed by atoms with van der Waals surface area (Å²) in [5.41, 5.74) is 2.85. The second-order valence-corrected chi connectivity index (χ2v) is 9.21. The molecule has 0 aromatic heterocycles. The van der Waals surface area contributed by atoms with Crippen molar-refractivity contribution in [2.75, 3.05) is 6.54 Å². The van der Waals surface area contributed by atoms with Gasteiger partial charge >= 0.3 is 0 Å². The van der Waals surface area contributed by atoms with Crippen LogP contribution in [-0.2, 0) is 4.79 Å². The molecule has 0 aromatic rings. The molecule has 7 heteroatoms. The molecule has 2 aliphatic heterocycles. The van der Waals surface area contributed by atoms with Crippen molar-refractivity contribution >= 4 is 11.7 Å². The monoisotopic (exact) mass is 404 g/mol. The molecule has 162 valence electrons. The molecule has 0 spiro atoms. The largest absolute Gasteiger partial charge is 0.386 e. The van der Waals surface area contributed by atoms with Crippen molar-refractivity contribution in [1.29, 1.82) is 0 Å². The van der Waals surface area contributed by atoms with Crippen molar-refractivity contribution in [3.8, 4) is 0 Å². The Morgan fingerprint density at radius 2 is 1.86 bits per heavy atom. The highest BCUT2D eigenvalue weighted by Gasteiger charge is 2.40. The average molecular weight is 405 g/mol. The van der Waals surface area contributed by atoms with Crippen LogP contribution in [0, 0.1) is 5.92 Å². The zero-order chi connectivity index (χ0) is 20.4. The number of aliphatic imine (C=N–C) groups is 1. The van der Waals surface area contributed by atoms with E-state index in [0.29, 0.717) is 11.8 Å². The summed E-state index contributed by atoms with van der Waals surface area (Å²) in [6, 6.07) is -0.913. The van der Waals surface area contributed by atoms with Crippen LogP contribution in [0.25, 0.3) is 0 Å². The number of nitrogens with one attached hydrogen (secondary N) is 3. The summed E-state index contributed by atoms with van der Waals surface area (Å²) in [5.74, 6) is 0.819. The van der Waals surface area contributed by atoms with Gasteiger partial charge in [0.05, 0.1) is 6.04 Å². The SMILES string of the molecule is C[C@@H](NC(=O)C1NC(C2NCCC3=C2CCCC3)=NC(O)C1O)C1CCCCC1. The normalized spacial score (nSPS) is 34.7. The standard InChI is InChI=1S/C22H36N4O3/c1-13(14-7-3-2-4-8-14)24-21(28)18-19(27)22(29)26-20(25-18)17-16-10-6-5-9-15(16)11-12-23-17/h13-14,17-19,22-23,27,29H,2-12H2,1H3,(H,24,28)(H,25,26)/t13-,17?,18?,19?,22?/m1/s1. The first-order chi connectivity index (χ1) is 14.0. The molecule has 0 radical (unpaired) electrons. The maximum absolute atomic E-state index is 13.0. The van der Waals surface area contributed by atoms with E-state index in [1.807, 2.05) is 0 Å². The van der Waals surface area contributed by atoms with Crippen molar-refractivity contribution in [2.24, 2.45) is 10.9 Å². The molecule has 0 aromatic carbocycles. The summed E-state index contributed by atoms with van der Waals surface area (Å²) >= 11 is 0. The lowest BCUT2D eigenvalue weighted by Gasteiger charge is -2.39. The lowest BCUT2D eigenvalue weighted by Crippen LogP contribution is -2.64. The molecule has 2 heterocycles. The van der Waals surface area contributed by atoms with Crippen LogP contribution in [0.1, 0.15) is 71.1 Å². The zero-order valence-corrected chi connectivity index (χ0v) is 17.5. The lowest BCUT2D eigenvalue weighted by atomic mass is 9.82. The molecule has 0 bridgehead atoms. The first-order valence-corrected chi connectivity index (χ1v) is 11.5. The zero-order valence-electron chi connectivity index (χ0n) is 17.5. The van der Waals surface area contributed by atoms with Crippen molar-refractivity contribution in [3.05, 3.63) is 11.1 Å². The van der Waals surface area contributed by atoms with E-state index in [1.54, 1.807) is 0 Å². The van der Waals surface area contributed by atoms with Crippen LogP contribution in [0.15, 0.2) is 16.1 Å². The Morgan fingerprint density at radius 1 is 1.10 bits per heavy atom. The minimum absolute atomic E-state index is 0.0664.